The van der Waals surface area contributed by atoms with Crippen LogP contribution in [-0.2, 0) is 14.3 Å². The second-order valence-corrected chi connectivity index (χ2v) is 10.6. The maximum Gasteiger partial charge on any atom is 0.337 e. The molecule has 1 fully saturated rings. The van der Waals surface area contributed by atoms with Crippen LogP contribution in [0.1, 0.15) is 61.1 Å². The highest BCUT2D eigenvalue weighted by molar-refractivity contribution is 6.02. The van der Waals surface area contributed by atoms with Crippen LogP contribution >= 0.6 is 0 Å². The van der Waals surface area contributed by atoms with Crippen molar-refractivity contribution in [2.24, 2.45) is 10.9 Å². The molecule has 1 saturated heterocycles. The molecule has 0 spiro atoms. The maximum atomic E-state index is 12.7. The normalized spacial score (nSPS) is 21.5. The van der Waals surface area contributed by atoms with Crippen LogP contribution in [0.3, 0.4) is 0 Å². The molecule has 2 aliphatic heterocycles. The maximum absolute atomic E-state index is 12.7. The molecule has 2 aromatic carbocycles. The monoisotopic (exact) mass is 482 g/mol. The third kappa shape index (κ3) is 3.94. The lowest BCUT2D eigenvalue weighted by Gasteiger charge is -2.39. The van der Waals surface area contributed by atoms with Gasteiger partial charge in [0.1, 0.15) is 11.8 Å². The van der Waals surface area contributed by atoms with Gasteiger partial charge in [-0.25, -0.2) is 4.79 Å². The first-order valence-electron chi connectivity index (χ1n) is 12.3. The molecule has 6 heteroatoms. The quantitative estimate of drug-likeness (QED) is 0.580. The van der Waals surface area contributed by atoms with Gasteiger partial charge < -0.3 is 14.6 Å². The van der Waals surface area contributed by atoms with E-state index in [-0.39, 0.29) is 12.0 Å². The number of hydrogen-bond donors (Lipinski definition) is 1. The molecule has 2 heterocycles. The number of carboxylic acids is 1. The molecule has 0 bridgehead atoms. The van der Waals surface area contributed by atoms with Crippen molar-refractivity contribution in [2.75, 3.05) is 6.61 Å². The largest absolute Gasteiger partial charge is 0.497 e. The van der Waals surface area contributed by atoms with Crippen molar-refractivity contribution < 1.29 is 19.4 Å². The van der Waals surface area contributed by atoms with Gasteiger partial charge in [0.05, 0.1) is 29.7 Å². The first-order chi connectivity index (χ1) is 17.1. The average Bonchev–Trinajstić information content (AvgIpc) is 2.82. The van der Waals surface area contributed by atoms with Crippen LogP contribution in [0.5, 0.6) is 0 Å². The van der Waals surface area contributed by atoms with Crippen molar-refractivity contribution in [2.45, 2.75) is 58.8 Å². The van der Waals surface area contributed by atoms with Crippen LogP contribution in [-0.4, -0.2) is 35.5 Å². The number of rotatable bonds is 4. The van der Waals surface area contributed by atoms with Crippen molar-refractivity contribution >= 4 is 28.5 Å². The second kappa shape index (κ2) is 8.76. The molecular weight excluding hydrogens is 452 g/mol. The summed E-state index contributed by atoms with van der Waals surface area (Å²) in [5.41, 5.74) is 5.12. The van der Waals surface area contributed by atoms with E-state index in [1.807, 2.05) is 71.2 Å². The summed E-state index contributed by atoms with van der Waals surface area (Å²) in [5.74, 6) is -0.173. The molecule has 36 heavy (non-hydrogen) atoms. The van der Waals surface area contributed by atoms with Gasteiger partial charge >= 0.3 is 5.97 Å². The van der Waals surface area contributed by atoms with Gasteiger partial charge in [-0.05, 0) is 80.5 Å². The topological polar surface area (TPSA) is 91.9 Å². The number of dihydropyridines is 1. The zero-order valence-corrected chi connectivity index (χ0v) is 21.3. The lowest BCUT2D eigenvalue weighted by atomic mass is 9.73. The molecular formula is C30H30N2O4. The third-order valence-electron chi connectivity index (χ3n) is 7.10. The van der Waals surface area contributed by atoms with E-state index in [1.165, 1.54) is 5.57 Å². The van der Waals surface area contributed by atoms with Crippen LogP contribution in [0.4, 0.5) is 0 Å². The number of aryl methyl sites for hydroxylation is 2. The van der Waals surface area contributed by atoms with E-state index >= 15 is 0 Å². The molecule has 0 radical (unpaired) electrons. The summed E-state index contributed by atoms with van der Waals surface area (Å²) >= 11 is 0. The van der Waals surface area contributed by atoms with Crippen molar-refractivity contribution in [3.63, 3.8) is 0 Å². The van der Waals surface area contributed by atoms with E-state index in [4.69, 9.17) is 14.5 Å². The van der Waals surface area contributed by atoms with Gasteiger partial charge in [-0.3, -0.25) is 4.99 Å². The van der Waals surface area contributed by atoms with E-state index < -0.39 is 17.7 Å². The van der Waals surface area contributed by atoms with E-state index in [1.54, 1.807) is 0 Å². The summed E-state index contributed by atoms with van der Waals surface area (Å²) in [7, 11) is 0. The minimum atomic E-state index is -1.19. The van der Waals surface area contributed by atoms with Gasteiger partial charge in [0.2, 0.25) is 0 Å². The summed E-state index contributed by atoms with van der Waals surface area (Å²) in [6.07, 6.45) is 7.55. The van der Waals surface area contributed by atoms with Gasteiger partial charge in [0.15, 0.2) is 6.10 Å². The number of aliphatic carboxylic acids is 1. The van der Waals surface area contributed by atoms with E-state index in [2.05, 4.69) is 12.1 Å². The van der Waals surface area contributed by atoms with E-state index in [9.17, 15) is 15.2 Å². The number of allylic oxidation sites excluding steroid dienone is 3. The van der Waals surface area contributed by atoms with Gasteiger partial charge in [-0.1, -0.05) is 23.8 Å². The number of carboxylic acid groups (broad SMARTS) is 1. The minimum Gasteiger partial charge on any atom is -0.497 e. The molecule has 3 atom stereocenters. The molecule has 0 amide bonds. The van der Waals surface area contributed by atoms with Crippen molar-refractivity contribution in [3.05, 3.63) is 75.6 Å². The Morgan fingerprint density at radius 2 is 1.97 bits per heavy atom. The standard InChI is InChI=1S/C30H30N2O4/c1-16-6-7-19-21(22(16)15-31)14-17(2)24(28(29(33)34)36-30(3,4)5)26(19)20-8-9-23-25-18(11-13-35-23)10-12-32-27(20)25/h6-10,12,14,25,27-28H,11,13H2,1-5H3,(H,33,34)/t25?,27?,28-/m0/s1. The molecule has 0 aromatic heterocycles. The second-order valence-electron chi connectivity index (χ2n) is 10.6. The first-order valence-corrected chi connectivity index (χ1v) is 12.3. The predicted molar refractivity (Wildman–Crippen MR) is 140 cm³/mol. The summed E-state index contributed by atoms with van der Waals surface area (Å²) in [6, 6.07) is 7.94. The molecule has 3 aliphatic rings. The highest BCUT2D eigenvalue weighted by atomic mass is 16.5. The number of aliphatic imine (C=N–C) groups is 1. The first kappa shape index (κ1) is 24.0. The number of benzene rings is 2. The van der Waals surface area contributed by atoms with Crippen LogP contribution in [0.15, 0.2) is 52.8 Å². The van der Waals surface area contributed by atoms with Crippen LogP contribution in [0.25, 0.3) is 16.3 Å². The Hall–Kier alpha value is -3.69. The molecule has 5 rings (SSSR count). The van der Waals surface area contributed by atoms with Gasteiger partial charge in [-0.2, -0.15) is 5.26 Å². The van der Waals surface area contributed by atoms with Crippen molar-refractivity contribution in [3.8, 4) is 6.07 Å². The molecule has 2 unspecified atom stereocenters. The van der Waals surface area contributed by atoms with E-state index in [0.717, 1.165) is 45.2 Å². The number of nitriles is 1. The lowest BCUT2D eigenvalue weighted by Crippen LogP contribution is -2.34. The summed E-state index contributed by atoms with van der Waals surface area (Å²) < 4.78 is 12.1. The number of carbonyl (C=O) groups is 1. The third-order valence-corrected chi connectivity index (χ3v) is 7.10. The Morgan fingerprint density at radius 3 is 2.67 bits per heavy atom. The fourth-order valence-corrected chi connectivity index (χ4v) is 5.61. The lowest BCUT2D eigenvalue weighted by molar-refractivity contribution is -0.160. The highest BCUT2D eigenvalue weighted by Gasteiger charge is 2.41. The van der Waals surface area contributed by atoms with Gasteiger partial charge in [-0.15, -0.1) is 0 Å². The van der Waals surface area contributed by atoms with Crippen molar-refractivity contribution in [1.29, 1.82) is 5.26 Å². The Labute approximate surface area is 211 Å². The van der Waals surface area contributed by atoms with Crippen LogP contribution < -0.4 is 0 Å². The van der Waals surface area contributed by atoms with Gasteiger partial charge in [0.25, 0.3) is 0 Å². The molecule has 0 saturated carbocycles. The Kier molecular flexibility index (Phi) is 5.84. The number of hydrogen-bond acceptors (Lipinski definition) is 5. The molecule has 1 N–H and O–H groups in total. The molecule has 2 aromatic rings. The van der Waals surface area contributed by atoms with Crippen molar-refractivity contribution in [1.82, 2.24) is 0 Å². The smallest absolute Gasteiger partial charge is 0.337 e. The Bertz CT molecular complexity index is 1450. The molecule has 184 valence electrons. The Morgan fingerprint density at radius 1 is 1.19 bits per heavy atom. The van der Waals surface area contributed by atoms with Crippen LogP contribution in [0, 0.1) is 31.1 Å². The molecule has 6 nitrogen and oxygen atoms in total. The number of nitrogens with zero attached hydrogens (tertiary/aromatic N) is 2. The number of fused-ring (bicyclic) bond motifs is 1. The predicted octanol–water partition coefficient (Wildman–Crippen LogP) is 5.97. The molecule has 1 aliphatic carbocycles. The summed E-state index contributed by atoms with van der Waals surface area (Å²) in [4.78, 5) is 17.5. The highest BCUT2D eigenvalue weighted by Crippen LogP contribution is 2.47. The SMILES string of the molecule is Cc1cc2c(C#N)c(C)ccc2c(C2=CC=C3OCCC4=CC=NC2C43)c1[C@H](OC(C)(C)C)C(=O)O. The summed E-state index contributed by atoms with van der Waals surface area (Å²) in [6.45, 7) is 10.0. The fourth-order valence-electron chi connectivity index (χ4n) is 5.61. The zero-order chi connectivity index (χ0) is 25.8. The minimum absolute atomic E-state index is 0.0140. The van der Waals surface area contributed by atoms with Crippen LogP contribution in [0.2, 0.25) is 0 Å². The zero-order valence-electron chi connectivity index (χ0n) is 21.3. The van der Waals surface area contributed by atoms with Gasteiger partial charge in [0, 0.05) is 23.6 Å². The fraction of sp³-hybridized carbons (Fsp3) is 0.367. The number of ether oxygens (including phenoxy) is 2. The summed E-state index contributed by atoms with van der Waals surface area (Å²) in [5, 5.41) is 22.0. The average molecular weight is 483 g/mol. The van der Waals surface area contributed by atoms with E-state index in [0.29, 0.717) is 17.7 Å². The Balaban J connectivity index is 1.86.